The van der Waals surface area contributed by atoms with Crippen LogP contribution in [0.1, 0.15) is 34.7 Å². The predicted octanol–water partition coefficient (Wildman–Crippen LogP) is 4.57. The van der Waals surface area contributed by atoms with E-state index in [1.807, 2.05) is 6.07 Å². The van der Waals surface area contributed by atoms with Crippen molar-refractivity contribution in [3.63, 3.8) is 0 Å². The quantitative estimate of drug-likeness (QED) is 0.460. The maximum Gasteiger partial charge on any atom is 0.330 e. The third-order valence-electron chi connectivity index (χ3n) is 5.59. The Kier molecular flexibility index (Phi) is 6.09. The number of carbonyl (C=O) groups excluding carboxylic acids is 1. The number of rotatable bonds is 7. The van der Waals surface area contributed by atoms with E-state index >= 15 is 0 Å². The minimum atomic E-state index is -0.347. The zero-order valence-corrected chi connectivity index (χ0v) is 17.3. The average Bonchev–Trinajstić information content (AvgIpc) is 3.35. The molecule has 0 saturated carbocycles. The van der Waals surface area contributed by atoms with E-state index in [2.05, 4.69) is 51.4 Å². The minimum absolute atomic E-state index is 0.147. The SMILES string of the molecule is COC(=O)C=Cc1ccc2c(c1)CCC2N(CCO)Cc1csc2ccccc12. The van der Waals surface area contributed by atoms with Crippen LogP contribution in [0.3, 0.4) is 0 Å². The van der Waals surface area contributed by atoms with Crippen LogP contribution in [0.5, 0.6) is 0 Å². The first-order valence-electron chi connectivity index (χ1n) is 9.88. The van der Waals surface area contributed by atoms with Gasteiger partial charge in [0.2, 0.25) is 0 Å². The smallest absolute Gasteiger partial charge is 0.330 e. The van der Waals surface area contributed by atoms with Gasteiger partial charge < -0.3 is 9.84 Å². The molecule has 0 aliphatic heterocycles. The average molecular weight is 408 g/mol. The van der Waals surface area contributed by atoms with Gasteiger partial charge in [0.1, 0.15) is 0 Å². The fourth-order valence-corrected chi connectivity index (χ4v) is 5.13. The van der Waals surface area contributed by atoms with Gasteiger partial charge in [0.05, 0.1) is 13.7 Å². The zero-order chi connectivity index (χ0) is 20.2. The Morgan fingerprint density at radius 1 is 1.31 bits per heavy atom. The van der Waals surface area contributed by atoms with Crippen molar-refractivity contribution in [1.29, 1.82) is 0 Å². The highest BCUT2D eigenvalue weighted by Gasteiger charge is 2.28. The Bertz CT molecular complexity index is 1040. The van der Waals surface area contributed by atoms with Gasteiger partial charge in [0.25, 0.3) is 0 Å². The van der Waals surface area contributed by atoms with Crippen LogP contribution in [-0.2, 0) is 22.5 Å². The maximum absolute atomic E-state index is 11.3. The van der Waals surface area contributed by atoms with Gasteiger partial charge in [0, 0.05) is 29.9 Å². The molecule has 29 heavy (non-hydrogen) atoms. The zero-order valence-electron chi connectivity index (χ0n) is 16.5. The monoisotopic (exact) mass is 407 g/mol. The van der Waals surface area contributed by atoms with Crippen LogP contribution in [0.2, 0.25) is 0 Å². The molecule has 4 nitrogen and oxygen atoms in total. The molecule has 3 aromatic rings. The lowest BCUT2D eigenvalue weighted by Gasteiger charge is -2.29. The molecule has 0 radical (unpaired) electrons. The fraction of sp³-hybridized carbons (Fsp3) is 0.292. The molecule has 0 fully saturated rings. The number of esters is 1. The van der Waals surface area contributed by atoms with Crippen LogP contribution in [0.15, 0.2) is 53.9 Å². The summed E-state index contributed by atoms with van der Waals surface area (Å²) in [7, 11) is 1.38. The lowest BCUT2D eigenvalue weighted by atomic mass is 10.0. The van der Waals surface area contributed by atoms with Gasteiger partial charge in [-0.2, -0.15) is 0 Å². The molecule has 150 valence electrons. The number of thiophene rings is 1. The summed E-state index contributed by atoms with van der Waals surface area (Å²) in [5, 5.41) is 13.2. The molecule has 1 aromatic heterocycles. The van der Waals surface area contributed by atoms with E-state index in [-0.39, 0.29) is 12.6 Å². The molecule has 5 heteroatoms. The maximum atomic E-state index is 11.3. The number of hydrogen-bond donors (Lipinski definition) is 1. The molecule has 0 spiro atoms. The van der Waals surface area contributed by atoms with Crippen molar-refractivity contribution in [2.45, 2.75) is 25.4 Å². The first kappa shape index (κ1) is 19.8. The fourth-order valence-electron chi connectivity index (χ4n) is 4.18. The molecule has 0 saturated heterocycles. The number of aliphatic hydroxyl groups is 1. The molecule has 1 unspecified atom stereocenters. The van der Waals surface area contributed by atoms with Crippen molar-refractivity contribution < 1.29 is 14.6 Å². The second-order valence-corrected chi connectivity index (χ2v) is 8.23. The topological polar surface area (TPSA) is 49.8 Å². The van der Waals surface area contributed by atoms with Crippen molar-refractivity contribution in [3.05, 3.63) is 76.2 Å². The summed E-state index contributed by atoms with van der Waals surface area (Å²) in [5.74, 6) is -0.347. The van der Waals surface area contributed by atoms with Crippen molar-refractivity contribution in [2.24, 2.45) is 0 Å². The lowest BCUT2D eigenvalue weighted by Crippen LogP contribution is -2.30. The number of ether oxygens (including phenoxy) is 1. The van der Waals surface area contributed by atoms with Crippen LogP contribution in [0.25, 0.3) is 16.2 Å². The van der Waals surface area contributed by atoms with E-state index in [0.717, 1.165) is 24.9 Å². The van der Waals surface area contributed by atoms with Gasteiger partial charge in [-0.05, 0) is 58.0 Å². The van der Waals surface area contributed by atoms with E-state index in [9.17, 15) is 9.90 Å². The van der Waals surface area contributed by atoms with Crippen molar-refractivity contribution in [2.75, 3.05) is 20.3 Å². The Morgan fingerprint density at radius 2 is 2.17 bits per heavy atom. The molecule has 1 aliphatic carbocycles. The number of carbonyl (C=O) groups is 1. The molecular formula is C24H25NO3S. The minimum Gasteiger partial charge on any atom is -0.466 e. The van der Waals surface area contributed by atoms with E-state index in [1.54, 1.807) is 17.4 Å². The van der Waals surface area contributed by atoms with Gasteiger partial charge in [-0.1, -0.05) is 36.4 Å². The number of fused-ring (bicyclic) bond motifs is 2. The molecule has 4 rings (SSSR count). The van der Waals surface area contributed by atoms with E-state index in [0.29, 0.717) is 12.6 Å². The van der Waals surface area contributed by atoms with E-state index in [4.69, 9.17) is 0 Å². The second-order valence-electron chi connectivity index (χ2n) is 7.32. The van der Waals surface area contributed by atoms with Crippen LogP contribution in [0.4, 0.5) is 0 Å². The number of aliphatic hydroxyl groups excluding tert-OH is 1. The van der Waals surface area contributed by atoms with Crippen LogP contribution in [0, 0.1) is 0 Å². The van der Waals surface area contributed by atoms with Gasteiger partial charge in [-0.3, -0.25) is 4.90 Å². The summed E-state index contributed by atoms with van der Waals surface area (Å²) in [6, 6.07) is 15.2. The number of methoxy groups -OCH3 is 1. The van der Waals surface area contributed by atoms with Crippen LogP contribution in [-0.4, -0.2) is 36.2 Å². The van der Waals surface area contributed by atoms with E-state index in [1.165, 1.54) is 40.0 Å². The summed E-state index contributed by atoms with van der Waals surface area (Å²) >= 11 is 1.78. The van der Waals surface area contributed by atoms with Crippen molar-refractivity contribution in [3.8, 4) is 0 Å². The third-order valence-corrected chi connectivity index (χ3v) is 6.60. The Balaban J connectivity index is 1.57. The van der Waals surface area contributed by atoms with Gasteiger partial charge in [0.15, 0.2) is 0 Å². The summed E-state index contributed by atoms with van der Waals surface area (Å²) in [4.78, 5) is 13.7. The van der Waals surface area contributed by atoms with Gasteiger partial charge >= 0.3 is 5.97 Å². The number of aryl methyl sites for hydroxylation is 1. The first-order valence-corrected chi connectivity index (χ1v) is 10.8. The third kappa shape index (κ3) is 4.27. The molecular weight excluding hydrogens is 382 g/mol. The summed E-state index contributed by atoms with van der Waals surface area (Å²) in [5.41, 5.74) is 4.98. The standard InChI is InChI=1S/C24H25NO3S/c1-28-24(27)11-7-17-6-9-20-18(14-17)8-10-22(20)25(12-13-26)15-19-16-29-23-5-3-2-4-21(19)23/h2-7,9,11,14,16,22,26H,8,10,12-13,15H2,1H3. The molecule has 1 atom stereocenters. The highest BCUT2D eigenvalue weighted by atomic mass is 32.1. The summed E-state index contributed by atoms with van der Waals surface area (Å²) in [6.07, 6.45) is 5.30. The van der Waals surface area contributed by atoms with Crippen molar-refractivity contribution >= 4 is 33.5 Å². The number of nitrogens with zero attached hydrogens (tertiary/aromatic N) is 1. The second kappa shape index (κ2) is 8.91. The van der Waals surface area contributed by atoms with E-state index < -0.39 is 0 Å². The number of hydrogen-bond acceptors (Lipinski definition) is 5. The Morgan fingerprint density at radius 3 is 3.00 bits per heavy atom. The molecule has 0 bridgehead atoms. The predicted molar refractivity (Wildman–Crippen MR) is 118 cm³/mol. The normalized spacial score (nSPS) is 16.0. The largest absolute Gasteiger partial charge is 0.466 e. The lowest BCUT2D eigenvalue weighted by molar-refractivity contribution is -0.134. The molecule has 1 aliphatic rings. The Hall–Kier alpha value is -2.47. The highest BCUT2D eigenvalue weighted by Crippen LogP contribution is 2.38. The summed E-state index contributed by atoms with van der Waals surface area (Å²) in [6.45, 7) is 1.63. The molecule has 0 amide bonds. The number of benzene rings is 2. The molecule has 1 N–H and O–H groups in total. The van der Waals surface area contributed by atoms with Crippen molar-refractivity contribution in [1.82, 2.24) is 4.90 Å². The first-order chi connectivity index (χ1) is 14.2. The molecule has 1 heterocycles. The molecule has 2 aromatic carbocycles. The summed E-state index contributed by atoms with van der Waals surface area (Å²) < 4.78 is 5.97. The Labute approximate surface area is 175 Å². The van der Waals surface area contributed by atoms with Gasteiger partial charge in [-0.15, -0.1) is 11.3 Å². The van der Waals surface area contributed by atoms with Crippen LogP contribution < -0.4 is 0 Å². The van der Waals surface area contributed by atoms with Crippen LogP contribution >= 0.6 is 11.3 Å². The highest BCUT2D eigenvalue weighted by molar-refractivity contribution is 7.17. The van der Waals surface area contributed by atoms with Gasteiger partial charge in [-0.25, -0.2) is 4.79 Å².